The number of halogens is 2. The second kappa shape index (κ2) is 4.07. The van der Waals surface area contributed by atoms with Crippen molar-refractivity contribution in [3.63, 3.8) is 0 Å². The molecule has 15 heavy (non-hydrogen) atoms. The van der Waals surface area contributed by atoms with Crippen molar-refractivity contribution < 1.29 is 4.39 Å². The van der Waals surface area contributed by atoms with Crippen molar-refractivity contribution in [3.8, 4) is 0 Å². The van der Waals surface area contributed by atoms with Gasteiger partial charge in [0.1, 0.15) is 5.82 Å². The SMILES string of the molecule is C/C(=C/Cl)Cn1ccc2ccc(F)cc21. The maximum atomic E-state index is 13.1. The maximum absolute atomic E-state index is 13.1. The molecule has 0 saturated carbocycles. The summed E-state index contributed by atoms with van der Waals surface area (Å²) in [4.78, 5) is 0. The predicted molar refractivity (Wildman–Crippen MR) is 61.5 cm³/mol. The molecule has 0 atom stereocenters. The number of nitrogens with zero attached hydrogens (tertiary/aromatic N) is 1. The van der Waals surface area contributed by atoms with Crippen molar-refractivity contribution in [1.29, 1.82) is 0 Å². The van der Waals surface area contributed by atoms with Gasteiger partial charge in [-0.1, -0.05) is 11.6 Å². The fraction of sp³-hybridized carbons (Fsp3) is 0.167. The van der Waals surface area contributed by atoms with Gasteiger partial charge in [0, 0.05) is 18.3 Å². The molecule has 0 amide bonds. The van der Waals surface area contributed by atoms with E-state index in [9.17, 15) is 4.39 Å². The summed E-state index contributed by atoms with van der Waals surface area (Å²) in [5.74, 6) is -0.213. The lowest BCUT2D eigenvalue weighted by Crippen LogP contribution is -1.96. The third-order valence-electron chi connectivity index (χ3n) is 2.34. The van der Waals surface area contributed by atoms with Crippen LogP contribution in [0.3, 0.4) is 0 Å². The minimum Gasteiger partial charge on any atom is -0.343 e. The molecule has 2 aromatic rings. The lowest BCUT2D eigenvalue weighted by atomic mass is 10.2. The van der Waals surface area contributed by atoms with Crippen LogP contribution in [0.4, 0.5) is 4.39 Å². The minimum absolute atomic E-state index is 0.213. The standard InChI is InChI=1S/C12H11ClFN/c1-9(7-13)8-15-5-4-10-2-3-11(14)6-12(10)15/h2-7H,8H2,1H3/b9-7-. The lowest BCUT2D eigenvalue weighted by molar-refractivity contribution is 0.628. The Bertz CT molecular complexity index is 513. The number of rotatable bonds is 2. The first kappa shape index (κ1) is 10.2. The Hall–Kier alpha value is -1.28. The molecule has 1 nitrogen and oxygen atoms in total. The Balaban J connectivity index is 2.48. The first-order chi connectivity index (χ1) is 7.20. The number of allylic oxidation sites excluding steroid dienone is 1. The van der Waals surface area contributed by atoms with Crippen molar-refractivity contribution in [2.75, 3.05) is 0 Å². The van der Waals surface area contributed by atoms with E-state index in [0.29, 0.717) is 6.54 Å². The number of hydrogen-bond acceptors (Lipinski definition) is 0. The Labute approximate surface area is 92.8 Å². The van der Waals surface area contributed by atoms with E-state index in [2.05, 4.69) is 0 Å². The second-order valence-electron chi connectivity index (χ2n) is 3.60. The van der Waals surface area contributed by atoms with Crippen LogP contribution < -0.4 is 0 Å². The van der Waals surface area contributed by atoms with Gasteiger partial charge < -0.3 is 4.57 Å². The Kier molecular flexibility index (Phi) is 2.78. The zero-order valence-electron chi connectivity index (χ0n) is 8.37. The smallest absolute Gasteiger partial charge is 0.125 e. The van der Waals surface area contributed by atoms with E-state index in [0.717, 1.165) is 16.5 Å². The first-order valence-corrected chi connectivity index (χ1v) is 5.14. The highest BCUT2D eigenvalue weighted by atomic mass is 35.5. The van der Waals surface area contributed by atoms with Gasteiger partial charge in [0.15, 0.2) is 0 Å². The molecule has 0 fully saturated rings. The molecular formula is C12H11ClFN. The van der Waals surface area contributed by atoms with Crippen molar-refractivity contribution >= 4 is 22.5 Å². The molecule has 1 aromatic heterocycles. The van der Waals surface area contributed by atoms with Crippen LogP contribution in [-0.4, -0.2) is 4.57 Å². The van der Waals surface area contributed by atoms with Gasteiger partial charge in [-0.3, -0.25) is 0 Å². The Morgan fingerprint density at radius 3 is 3.00 bits per heavy atom. The molecule has 0 spiro atoms. The minimum atomic E-state index is -0.213. The molecule has 78 valence electrons. The fourth-order valence-corrected chi connectivity index (χ4v) is 1.67. The highest BCUT2D eigenvalue weighted by Crippen LogP contribution is 2.18. The molecule has 0 aliphatic carbocycles. The third-order valence-corrected chi connectivity index (χ3v) is 2.71. The predicted octanol–water partition coefficient (Wildman–Crippen LogP) is 3.92. The molecular weight excluding hydrogens is 213 g/mol. The van der Waals surface area contributed by atoms with E-state index in [1.807, 2.05) is 23.8 Å². The van der Waals surface area contributed by atoms with Gasteiger partial charge >= 0.3 is 0 Å². The molecule has 0 radical (unpaired) electrons. The molecule has 3 heteroatoms. The summed E-state index contributed by atoms with van der Waals surface area (Å²) in [5, 5.41) is 1.04. The topological polar surface area (TPSA) is 4.93 Å². The number of aromatic nitrogens is 1. The van der Waals surface area contributed by atoms with Gasteiger partial charge in [0.05, 0.1) is 5.52 Å². The molecule has 0 N–H and O–H groups in total. The first-order valence-electron chi connectivity index (χ1n) is 4.71. The Morgan fingerprint density at radius 1 is 1.47 bits per heavy atom. The van der Waals surface area contributed by atoms with Crippen LogP contribution in [0, 0.1) is 5.82 Å². The largest absolute Gasteiger partial charge is 0.343 e. The number of fused-ring (bicyclic) bond motifs is 1. The zero-order valence-corrected chi connectivity index (χ0v) is 9.13. The highest BCUT2D eigenvalue weighted by Gasteiger charge is 2.02. The van der Waals surface area contributed by atoms with Gasteiger partial charge in [-0.25, -0.2) is 4.39 Å². The van der Waals surface area contributed by atoms with Crippen molar-refractivity contribution in [3.05, 3.63) is 47.4 Å². The molecule has 1 aromatic carbocycles. The van der Waals surface area contributed by atoms with E-state index in [4.69, 9.17) is 11.6 Å². The van der Waals surface area contributed by atoms with Gasteiger partial charge in [0.2, 0.25) is 0 Å². The summed E-state index contributed by atoms with van der Waals surface area (Å²) in [6, 6.07) is 6.75. The summed E-state index contributed by atoms with van der Waals surface area (Å²) in [7, 11) is 0. The summed E-state index contributed by atoms with van der Waals surface area (Å²) in [6.07, 6.45) is 1.94. The average molecular weight is 224 g/mol. The molecule has 2 rings (SSSR count). The van der Waals surface area contributed by atoms with Crippen LogP contribution in [0.15, 0.2) is 41.6 Å². The number of hydrogen-bond donors (Lipinski definition) is 0. The molecule has 1 heterocycles. The van der Waals surface area contributed by atoms with Crippen molar-refractivity contribution in [1.82, 2.24) is 4.57 Å². The van der Waals surface area contributed by atoms with Gasteiger partial charge in [0.25, 0.3) is 0 Å². The number of benzene rings is 1. The normalized spacial score (nSPS) is 12.3. The van der Waals surface area contributed by atoms with E-state index >= 15 is 0 Å². The average Bonchev–Trinajstić information content (AvgIpc) is 2.61. The van der Waals surface area contributed by atoms with Crippen molar-refractivity contribution in [2.45, 2.75) is 13.5 Å². The highest BCUT2D eigenvalue weighted by molar-refractivity contribution is 6.25. The fourth-order valence-electron chi connectivity index (χ4n) is 1.60. The van der Waals surface area contributed by atoms with E-state index in [1.54, 1.807) is 11.6 Å². The van der Waals surface area contributed by atoms with E-state index in [1.165, 1.54) is 12.1 Å². The maximum Gasteiger partial charge on any atom is 0.125 e. The van der Waals surface area contributed by atoms with Crippen molar-refractivity contribution in [2.24, 2.45) is 0 Å². The van der Waals surface area contributed by atoms with Crippen LogP contribution in [0.25, 0.3) is 10.9 Å². The zero-order chi connectivity index (χ0) is 10.8. The summed E-state index contributed by atoms with van der Waals surface area (Å²) in [5.41, 5.74) is 3.48. The Morgan fingerprint density at radius 2 is 2.27 bits per heavy atom. The van der Waals surface area contributed by atoms with Crippen LogP contribution in [-0.2, 0) is 6.54 Å². The van der Waals surface area contributed by atoms with Crippen LogP contribution >= 0.6 is 11.6 Å². The van der Waals surface area contributed by atoms with Crippen LogP contribution in [0.2, 0.25) is 0 Å². The second-order valence-corrected chi connectivity index (χ2v) is 3.82. The summed E-state index contributed by atoms with van der Waals surface area (Å²) >= 11 is 5.60. The third kappa shape index (κ3) is 2.05. The van der Waals surface area contributed by atoms with E-state index < -0.39 is 0 Å². The van der Waals surface area contributed by atoms with E-state index in [-0.39, 0.29) is 5.82 Å². The quantitative estimate of drug-likeness (QED) is 0.727. The summed E-state index contributed by atoms with van der Waals surface area (Å²) in [6.45, 7) is 2.63. The van der Waals surface area contributed by atoms with Gasteiger partial charge in [-0.15, -0.1) is 0 Å². The molecule has 0 bridgehead atoms. The molecule has 0 unspecified atom stereocenters. The molecule has 0 aliphatic heterocycles. The van der Waals surface area contributed by atoms with Gasteiger partial charge in [-0.05, 0) is 42.1 Å². The molecule has 0 saturated heterocycles. The van der Waals surface area contributed by atoms with Gasteiger partial charge in [-0.2, -0.15) is 0 Å². The summed E-state index contributed by atoms with van der Waals surface area (Å²) < 4.78 is 15.0. The van der Waals surface area contributed by atoms with Crippen LogP contribution in [0.1, 0.15) is 6.92 Å². The monoisotopic (exact) mass is 223 g/mol. The molecule has 0 aliphatic rings. The van der Waals surface area contributed by atoms with Crippen LogP contribution in [0.5, 0.6) is 0 Å². The lowest BCUT2D eigenvalue weighted by Gasteiger charge is -2.04.